The highest BCUT2D eigenvalue weighted by molar-refractivity contribution is 6.05. The van der Waals surface area contributed by atoms with Gasteiger partial charge in [-0.1, -0.05) is 27.4 Å². The molecule has 0 aromatic heterocycles. The van der Waals surface area contributed by atoms with Crippen LogP contribution in [0.1, 0.15) is 41.0 Å². The van der Waals surface area contributed by atoms with Gasteiger partial charge in [-0.2, -0.15) is 0 Å². The van der Waals surface area contributed by atoms with Crippen molar-refractivity contribution >= 4 is 22.9 Å². The average molecular weight is 399 g/mol. The third-order valence-electron chi connectivity index (χ3n) is 4.98. The molecule has 0 fully saturated rings. The lowest BCUT2D eigenvalue weighted by atomic mass is 9.87. The molecule has 2 aliphatic heterocycles. The predicted molar refractivity (Wildman–Crippen MR) is 118 cm³/mol. The maximum Gasteiger partial charge on any atom is 0.269 e. The van der Waals surface area contributed by atoms with Crippen LogP contribution in [0, 0.1) is 5.41 Å². The smallest absolute Gasteiger partial charge is 0.269 e. The molecular weight excluding hydrogens is 370 g/mol. The minimum atomic E-state index is -2.92. The van der Waals surface area contributed by atoms with Gasteiger partial charge < -0.3 is 10.6 Å². The second kappa shape index (κ2) is 7.58. The fraction of sp³-hybridized carbons (Fsp3) is 0.391. The van der Waals surface area contributed by atoms with Crippen molar-refractivity contribution in [2.24, 2.45) is 15.4 Å². The van der Waals surface area contributed by atoms with Crippen molar-refractivity contribution in [1.29, 1.82) is 0 Å². The Kier molecular flexibility index (Phi) is 5.48. The van der Waals surface area contributed by atoms with E-state index in [1.165, 1.54) is 5.57 Å². The largest absolute Gasteiger partial charge is 0.354 e. The van der Waals surface area contributed by atoms with Gasteiger partial charge in [0.25, 0.3) is 5.92 Å². The van der Waals surface area contributed by atoms with E-state index < -0.39 is 5.92 Å². The first kappa shape index (κ1) is 21.0. The van der Waals surface area contributed by atoms with E-state index in [1.807, 2.05) is 24.3 Å². The molecule has 6 heteroatoms. The van der Waals surface area contributed by atoms with E-state index in [1.54, 1.807) is 6.92 Å². The van der Waals surface area contributed by atoms with Crippen LogP contribution >= 0.6 is 0 Å². The fourth-order valence-electron chi connectivity index (χ4n) is 3.22. The molecule has 1 aromatic rings. The van der Waals surface area contributed by atoms with Crippen LogP contribution in [0.25, 0.3) is 0 Å². The second-order valence-corrected chi connectivity index (χ2v) is 8.67. The Morgan fingerprint density at radius 1 is 1.07 bits per heavy atom. The molecule has 154 valence electrons. The Balaban J connectivity index is 1.67. The lowest BCUT2D eigenvalue weighted by Gasteiger charge is -2.18. The van der Waals surface area contributed by atoms with Crippen molar-refractivity contribution in [2.75, 3.05) is 17.2 Å². The number of halogens is 2. The molecule has 0 bridgehead atoms. The number of benzene rings is 1. The number of anilines is 2. The van der Waals surface area contributed by atoms with E-state index in [0.717, 1.165) is 24.1 Å². The second-order valence-electron chi connectivity index (χ2n) is 8.67. The summed E-state index contributed by atoms with van der Waals surface area (Å²) < 4.78 is 27.7. The highest BCUT2D eigenvalue weighted by atomic mass is 19.3. The van der Waals surface area contributed by atoms with Crippen molar-refractivity contribution in [3.05, 3.63) is 59.5 Å². The highest BCUT2D eigenvalue weighted by Gasteiger charge is 2.34. The molecule has 29 heavy (non-hydrogen) atoms. The van der Waals surface area contributed by atoms with Gasteiger partial charge in [0.15, 0.2) is 0 Å². The molecule has 0 aliphatic carbocycles. The molecule has 0 atom stereocenters. The Hall–Kier alpha value is -2.76. The molecule has 3 rings (SSSR count). The van der Waals surface area contributed by atoms with Crippen molar-refractivity contribution < 1.29 is 8.78 Å². The summed E-state index contributed by atoms with van der Waals surface area (Å²) in [5.74, 6) is -2.08. The summed E-state index contributed by atoms with van der Waals surface area (Å²) in [5.41, 5.74) is 4.34. The quantitative estimate of drug-likeness (QED) is 0.622. The summed E-state index contributed by atoms with van der Waals surface area (Å²) in [6, 6.07) is 7.56. The summed E-state index contributed by atoms with van der Waals surface area (Å²) in [7, 11) is 0. The molecule has 0 radical (unpaired) electrons. The summed E-state index contributed by atoms with van der Waals surface area (Å²) in [6.45, 7) is 13.8. The molecular formula is C23H28F2N4. The number of alkyl halides is 2. The van der Waals surface area contributed by atoms with E-state index in [2.05, 4.69) is 54.0 Å². The normalized spacial score (nSPS) is 17.1. The maximum atomic E-state index is 13.9. The van der Waals surface area contributed by atoms with Gasteiger partial charge in [-0.15, -0.1) is 0 Å². The first-order valence-electron chi connectivity index (χ1n) is 9.68. The van der Waals surface area contributed by atoms with Crippen molar-refractivity contribution in [1.82, 2.24) is 0 Å². The first-order chi connectivity index (χ1) is 13.4. The number of amidine groups is 1. The summed E-state index contributed by atoms with van der Waals surface area (Å²) >= 11 is 0. The molecule has 2 aliphatic rings. The van der Waals surface area contributed by atoms with Gasteiger partial charge in [-0.05, 0) is 48.3 Å². The van der Waals surface area contributed by atoms with Gasteiger partial charge >= 0.3 is 0 Å². The van der Waals surface area contributed by atoms with E-state index in [4.69, 9.17) is 0 Å². The zero-order valence-electron chi connectivity index (χ0n) is 17.7. The van der Waals surface area contributed by atoms with E-state index in [0.29, 0.717) is 18.0 Å². The minimum Gasteiger partial charge on any atom is -0.354 e. The summed E-state index contributed by atoms with van der Waals surface area (Å²) in [6.07, 6.45) is 2.27. The van der Waals surface area contributed by atoms with E-state index in [-0.39, 0.29) is 23.1 Å². The van der Waals surface area contributed by atoms with Gasteiger partial charge in [-0.25, -0.2) is 8.78 Å². The maximum absolute atomic E-state index is 13.9. The Labute approximate surface area is 171 Å². The van der Waals surface area contributed by atoms with Crippen LogP contribution in [0.2, 0.25) is 0 Å². The molecule has 0 saturated carbocycles. The van der Waals surface area contributed by atoms with Gasteiger partial charge in [0.05, 0.1) is 17.9 Å². The van der Waals surface area contributed by atoms with Crippen molar-refractivity contribution in [3.8, 4) is 0 Å². The van der Waals surface area contributed by atoms with Crippen molar-refractivity contribution in [3.63, 3.8) is 0 Å². The number of allylic oxidation sites excluding steroid dienone is 1. The van der Waals surface area contributed by atoms with Crippen LogP contribution in [0.15, 0.2) is 69.4 Å². The minimum absolute atomic E-state index is 0.00599. The van der Waals surface area contributed by atoms with Crippen LogP contribution < -0.4 is 10.6 Å². The average Bonchev–Trinajstić information content (AvgIpc) is 3.23. The van der Waals surface area contributed by atoms with E-state index >= 15 is 0 Å². The SMILES string of the molecule is C=C(Nc1ccc(NC2=NCC(C(C)(C)C)=C2)cc1)C1=C(C(C)(F)F)CC(C)=N1. The Morgan fingerprint density at radius 3 is 2.24 bits per heavy atom. The van der Waals surface area contributed by atoms with Crippen LogP contribution in [0.3, 0.4) is 0 Å². The molecule has 2 heterocycles. The Bertz CT molecular complexity index is 937. The molecule has 4 nitrogen and oxygen atoms in total. The first-order valence-corrected chi connectivity index (χ1v) is 9.68. The third-order valence-corrected chi connectivity index (χ3v) is 4.98. The fourth-order valence-corrected chi connectivity index (χ4v) is 3.22. The van der Waals surface area contributed by atoms with Gasteiger partial charge in [0.1, 0.15) is 5.84 Å². The van der Waals surface area contributed by atoms with E-state index in [9.17, 15) is 8.78 Å². The monoisotopic (exact) mass is 398 g/mol. The Morgan fingerprint density at radius 2 is 1.69 bits per heavy atom. The van der Waals surface area contributed by atoms with Crippen LogP contribution in [0.4, 0.5) is 20.2 Å². The molecule has 0 spiro atoms. The topological polar surface area (TPSA) is 48.8 Å². The molecule has 1 aromatic carbocycles. The van der Waals surface area contributed by atoms with Crippen LogP contribution in [0.5, 0.6) is 0 Å². The zero-order chi connectivity index (χ0) is 21.4. The lowest BCUT2D eigenvalue weighted by molar-refractivity contribution is 0.0614. The number of aliphatic imine (C=N–C) groups is 2. The summed E-state index contributed by atoms with van der Waals surface area (Å²) in [4.78, 5) is 8.80. The standard InChI is InChI=1S/C23H28F2N4/c1-14-11-19(23(6,24)25)21(27-14)15(2)28-17-7-9-18(10-8-17)29-20-12-16(13-26-20)22(3,4)5/h7-10,12,28H,2,11,13H2,1,3-6H3,(H,26,29). The molecule has 0 unspecified atom stereocenters. The molecule has 0 amide bonds. The number of nitrogens with one attached hydrogen (secondary N) is 2. The molecule has 0 saturated heterocycles. The van der Waals surface area contributed by atoms with Crippen molar-refractivity contribution in [2.45, 2.75) is 47.0 Å². The third kappa shape index (κ3) is 5.00. The predicted octanol–water partition coefficient (Wildman–Crippen LogP) is 6.18. The summed E-state index contributed by atoms with van der Waals surface area (Å²) in [5, 5.41) is 6.40. The number of rotatable bonds is 5. The number of hydrogen-bond donors (Lipinski definition) is 2. The van der Waals surface area contributed by atoms with Crippen LogP contribution in [-0.4, -0.2) is 24.0 Å². The zero-order valence-corrected chi connectivity index (χ0v) is 17.7. The number of hydrogen-bond acceptors (Lipinski definition) is 4. The van der Waals surface area contributed by atoms with Gasteiger partial charge in [0, 0.05) is 36.0 Å². The molecule has 2 N–H and O–H groups in total. The van der Waals surface area contributed by atoms with Gasteiger partial charge in [0.2, 0.25) is 0 Å². The number of nitrogens with zero attached hydrogens (tertiary/aromatic N) is 2. The van der Waals surface area contributed by atoms with Gasteiger partial charge in [-0.3, -0.25) is 9.98 Å². The van der Waals surface area contributed by atoms with Crippen LogP contribution in [-0.2, 0) is 0 Å². The highest BCUT2D eigenvalue weighted by Crippen LogP contribution is 2.36. The lowest BCUT2D eigenvalue weighted by Crippen LogP contribution is -2.16.